The van der Waals surface area contributed by atoms with Crippen LogP contribution in [0.2, 0.25) is 0 Å². The first-order chi connectivity index (χ1) is 17.2. The summed E-state index contributed by atoms with van der Waals surface area (Å²) in [7, 11) is 1.67. The van der Waals surface area contributed by atoms with Gasteiger partial charge in [0.05, 0.1) is 19.6 Å². The lowest BCUT2D eigenvalue weighted by Crippen LogP contribution is -2.14. The van der Waals surface area contributed by atoms with E-state index in [2.05, 4.69) is 25.1 Å². The number of allylic oxidation sites excluding steroid dienone is 2. The van der Waals surface area contributed by atoms with Crippen LogP contribution >= 0.6 is 0 Å². The molecule has 0 N–H and O–H groups in total. The van der Waals surface area contributed by atoms with Crippen LogP contribution in [0.3, 0.4) is 0 Å². The molecule has 0 heterocycles. The molecule has 0 saturated heterocycles. The minimum Gasteiger partial charge on any atom is -0.497 e. The Labute approximate surface area is 214 Å². The molecule has 0 aromatic heterocycles. The first kappa shape index (κ1) is 28.9. The van der Waals surface area contributed by atoms with Crippen molar-refractivity contribution in [2.45, 2.75) is 110 Å². The van der Waals surface area contributed by atoms with E-state index in [1.165, 1.54) is 77.0 Å². The molecule has 0 bridgehead atoms. The molecule has 194 valence electrons. The molecule has 3 heteroatoms. The monoisotopic (exact) mass is 480 g/mol. The van der Waals surface area contributed by atoms with Gasteiger partial charge < -0.3 is 9.47 Å². The highest BCUT2D eigenvalue weighted by Crippen LogP contribution is 2.26. The maximum Gasteiger partial charge on any atom is 0.313 e. The maximum absolute atomic E-state index is 12.5. The van der Waals surface area contributed by atoms with Crippen molar-refractivity contribution in [3.8, 4) is 5.75 Å². The molecule has 1 unspecified atom stereocenters. The van der Waals surface area contributed by atoms with Crippen LogP contribution < -0.4 is 4.74 Å². The smallest absolute Gasteiger partial charge is 0.313 e. The molecule has 0 aliphatic carbocycles. The molecular weight excluding hydrogens is 432 g/mol. The van der Waals surface area contributed by atoms with Gasteiger partial charge in [-0.1, -0.05) is 101 Å². The molecule has 35 heavy (non-hydrogen) atoms. The fourth-order valence-electron chi connectivity index (χ4n) is 4.42. The number of rotatable bonds is 19. The number of hydrogen-bond donors (Lipinski definition) is 0. The predicted molar refractivity (Wildman–Crippen MR) is 149 cm³/mol. The van der Waals surface area contributed by atoms with Crippen LogP contribution in [0.1, 0.15) is 115 Å². The van der Waals surface area contributed by atoms with E-state index in [-0.39, 0.29) is 11.9 Å². The molecule has 3 nitrogen and oxygen atoms in total. The molecule has 0 saturated carbocycles. The summed E-state index contributed by atoms with van der Waals surface area (Å²) in [6, 6.07) is 12.1. The van der Waals surface area contributed by atoms with Gasteiger partial charge in [-0.05, 0) is 67.5 Å². The third-order valence-electron chi connectivity index (χ3n) is 6.83. The van der Waals surface area contributed by atoms with Crippen LogP contribution in [0.25, 0.3) is 10.8 Å². The van der Waals surface area contributed by atoms with Crippen LogP contribution in [-0.2, 0) is 9.53 Å². The molecular formula is C32H48O3. The molecule has 0 spiro atoms. The van der Waals surface area contributed by atoms with Gasteiger partial charge >= 0.3 is 5.97 Å². The largest absolute Gasteiger partial charge is 0.497 e. The second-order valence-corrected chi connectivity index (χ2v) is 9.80. The summed E-state index contributed by atoms with van der Waals surface area (Å²) in [5, 5.41) is 2.22. The summed E-state index contributed by atoms with van der Waals surface area (Å²) >= 11 is 0. The van der Waals surface area contributed by atoms with E-state index in [1.54, 1.807) is 7.11 Å². The van der Waals surface area contributed by atoms with Crippen molar-refractivity contribution in [1.82, 2.24) is 0 Å². The van der Waals surface area contributed by atoms with Crippen molar-refractivity contribution in [2.75, 3.05) is 13.7 Å². The Morgan fingerprint density at radius 1 is 0.771 bits per heavy atom. The molecule has 2 rings (SSSR count). The summed E-state index contributed by atoms with van der Waals surface area (Å²) in [4.78, 5) is 12.5. The Morgan fingerprint density at radius 3 is 2.00 bits per heavy atom. The van der Waals surface area contributed by atoms with Crippen molar-refractivity contribution in [2.24, 2.45) is 0 Å². The number of benzene rings is 2. The van der Waals surface area contributed by atoms with Gasteiger partial charge in [-0.3, -0.25) is 4.79 Å². The van der Waals surface area contributed by atoms with Crippen molar-refractivity contribution in [3.63, 3.8) is 0 Å². The third kappa shape index (κ3) is 11.8. The minimum absolute atomic E-state index is 0.134. The highest BCUT2D eigenvalue weighted by molar-refractivity contribution is 5.86. The first-order valence-corrected chi connectivity index (χ1v) is 14.0. The number of carbonyl (C=O) groups is 1. The van der Waals surface area contributed by atoms with E-state index in [0.29, 0.717) is 6.61 Å². The number of ether oxygens (including phenoxy) is 2. The second-order valence-electron chi connectivity index (χ2n) is 9.80. The quantitative estimate of drug-likeness (QED) is 0.114. The Hall–Kier alpha value is -2.29. The lowest BCUT2D eigenvalue weighted by atomic mass is 9.98. The molecule has 1 atom stereocenters. The lowest BCUT2D eigenvalue weighted by Gasteiger charge is -2.13. The molecule has 0 fully saturated rings. The van der Waals surface area contributed by atoms with Gasteiger partial charge in [0.15, 0.2) is 0 Å². The molecule has 0 radical (unpaired) electrons. The second kappa shape index (κ2) is 18.0. The Balaban J connectivity index is 1.48. The van der Waals surface area contributed by atoms with Crippen LogP contribution in [0.5, 0.6) is 5.75 Å². The number of methoxy groups -OCH3 is 1. The Morgan fingerprint density at radius 2 is 1.34 bits per heavy atom. The third-order valence-corrected chi connectivity index (χ3v) is 6.83. The van der Waals surface area contributed by atoms with Crippen molar-refractivity contribution < 1.29 is 14.3 Å². The summed E-state index contributed by atoms with van der Waals surface area (Å²) < 4.78 is 10.8. The van der Waals surface area contributed by atoms with Gasteiger partial charge in [0.25, 0.3) is 0 Å². The molecule has 0 aliphatic rings. The van der Waals surface area contributed by atoms with E-state index >= 15 is 0 Å². The summed E-state index contributed by atoms with van der Waals surface area (Å²) in [6.45, 7) is 4.72. The van der Waals surface area contributed by atoms with Crippen LogP contribution in [0.15, 0.2) is 48.6 Å². The highest BCUT2D eigenvalue weighted by atomic mass is 16.5. The van der Waals surface area contributed by atoms with Gasteiger partial charge in [-0.15, -0.1) is 0 Å². The van der Waals surface area contributed by atoms with Crippen LogP contribution in [-0.4, -0.2) is 19.7 Å². The number of hydrogen-bond acceptors (Lipinski definition) is 3. The standard InChI is InChI=1S/C32H48O3/c1-4-5-6-7-8-9-10-11-12-13-14-15-16-17-18-19-24-35-32(33)27(2)28-20-21-30-26-31(34-3)23-22-29(30)25-28/h11-12,20-23,25-27H,4-10,13-19,24H2,1-3H3/b12-11+. The maximum atomic E-state index is 12.5. The predicted octanol–water partition coefficient (Wildman–Crippen LogP) is 9.53. The van der Waals surface area contributed by atoms with E-state index in [9.17, 15) is 4.79 Å². The fraction of sp³-hybridized carbons (Fsp3) is 0.594. The average molecular weight is 481 g/mol. The molecule has 0 amide bonds. The van der Waals surface area contributed by atoms with Gasteiger partial charge in [-0.2, -0.15) is 0 Å². The number of esters is 1. The van der Waals surface area contributed by atoms with Crippen molar-refractivity contribution in [1.29, 1.82) is 0 Å². The fourth-order valence-corrected chi connectivity index (χ4v) is 4.42. The number of carbonyl (C=O) groups excluding carboxylic acids is 1. The summed E-state index contributed by atoms with van der Waals surface area (Å²) in [6.07, 6.45) is 22.7. The first-order valence-electron chi connectivity index (χ1n) is 14.0. The van der Waals surface area contributed by atoms with Crippen LogP contribution in [0, 0.1) is 0 Å². The van der Waals surface area contributed by atoms with Gasteiger partial charge in [0.2, 0.25) is 0 Å². The van der Waals surface area contributed by atoms with E-state index in [0.717, 1.165) is 34.9 Å². The zero-order chi connectivity index (χ0) is 25.1. The Bertz CT molecular complexity index is 870. The van der Waals surface area contributed by atoms with Gasteiger partial charge in [-0.25, -0.2) is 0 Å². The average Bonchev–Trinajstić information content (AvgIpc) is 2.89. The minimum atomic E-state index is -0.254. The van der Waals surface area contributed by atoms with Gasteiger partial charge in [0, 0.05) is 0 Å². The topological polar surface area (TPSA) is 35.5 Å². The zero-order valence-electron chi connectivity index (χ0n) is 22.5. The van der Waals surface area contributed by atoms with Crippen molar-refractivity contribution >= 4 is 16.7 Å². The summed E-state index contributed by atoms with van der Waals surface area (Å²) in [5.41, 5.74) is 0.994. The van der Waals surface area contributed by atoms with Crippen molar-refractivity contribution in [3.05, 3.63) is 54.1 Å². The highest BCUT2D eigenvalue weighted by Gasteiger charge is 2.17. The van der Waals surface area contributed by atoms with E-state index < -0.39 is 0 Å². The molecule has 2 aromatic rings. The normalized spacial score (nSPS) is 12.3. The SMILES string of the molecule is CCCCCCCC/C=C/CCCCCCCCOC(=O)C(C)c1ccc2cc(OC)ccc2c1. The lowest BCUT2D eigenvalue weighted by molar-refractivity contribution is -0.145. The van der Waals surface area contributed by atoms with E-state index in [4.69, 9.17) is 9.47 Å². The molecule has 0 aliphatic heterocycles. The Kier molecular flexibility index (Phi) is 14.9. The van der Waals surface area contributed by atoms with Gasteiger partial charge in [0.1, 0.15) is 5.75 Å². The molecule has 2 aromatic carbocycles. The zero-order valence-corrected chi connectivity index (χ0v) is 22.5. The number of unbranched alkanes of at least 4 members (excludes halogenated alkanes) is 12. The summed E-state index contributed by atoms with van der Waals surface area (Å²) in [5.74, 6) is 0.453. The van der Waals surface area contributed by atoms with Crippen LogP contribution in [0.4, 0.5) is 0 Å². The van der Waals surface area contributed by atoms with E-state index in [1.807, 2.05) is 37.3 Å². The number of fused-ring (bicyclic) bond motifs is 1.